The molecule has 9 nitrogen and oxygen atoms in total. The van der Waals surface area contributed by atoms with Crippen LogP contribution in [0.4, 0.5) is 17.5 Å². The van der Waals surface area contributed by atoms with Gasteiger partial charge in [0.1, 0.15) is 5.69 Å². The molecule has 4 N–H and O–H groups in total. The van der Waals surface area contributed by atoms with E-state index in [1.807, 2.05) is 6.92 Å². The smallest absolute Gasteiger partial charge is 0.332 e. The Kier molecular flexibility index (Phi) is 4.30. The summed E-state index contributed by atoms with van der Waals surface area (Å²) in [6, 6.07) is -0.0869. The van der Waals surface area contributed by atoms with E-state index < -0.39 is 4.92 Å². The maximum absolute atomic E-state index is 11.1. The van der Waals surface area contributed by atoms with Crippen LogP contribution in [-0.4, -0.2) is 33.6 Å². The van der Waals surface area contributed by atoms with E-state index in [4.69, 9.17) is 10.6 Å². The van der Waals surface area contributed by atoms with Crippen molar-refractivity contribution in [1.29, 1.82) is 0 Å². The molecule has 0 spiro atoms. The molecule has 1 aromatic rings. The number of nitrogens with two attached hydrogens (primary N) is 1. The third-order valence-electron chi connectivity index (χ3n) is 3.26. The zero-order chi connectivity index (χ0) is 14.7. The Balaban J connectivity index is 2.28. The van der Waals surface area contributed by atoms with Gasteiger partial charge >= 0.3 is 5.69 Å². The van der Waals surface area contributed by atoms with E-state index in [1.54, 1.807) is 6.92 Å². The molecular formula is C11H18N6O3. The van der Waals surface area contributed by atoms with Gasteiger partial charge in [-0.1, -0.05) is 0 Å². The SMILES string of the molecule is Cc1nc(NN)nc(NC(C)C2CCCO2)c1[N+](=O)[O-]. The van der Waals surface area contributed by atoms with Crippen LogP contribution in [0.2, 0.25) is 0 Å². The van der Waals surface area contributed by atoms with Crippen LogP contribution in [0.1, 0.15) is 25.5 Å². The Morgan fingerprint density at radius 2 is 2.30 bits per heavy atom. The molecule has 1 aromatic heterocycles. The lowest BCUT2D eigenvalue weighted by Gasteiger charge is -2.20. The minimum absolute atomic E-state index is 0.0270. The van der Waals surface area contributed by atoms with Crippen LogP contribution < -0.4 is 16.6 Å². The number of hydrazine groups is 1. The molecule has 20 heavy (non-hydrogen) atoms. The van der Waals surface area contributed by atoms with E-state index in [0.717, 1.165) is 19.4 Å². The van der Waals surface area contributed by atoms with Crippen LogP contribution >= 0.6 is 0 Å². The summed E-state index contributed by atoms with van der Waals surface area (Å²) in [7, 11) is 0. The Hall–Kier alpha value is -2.00. The molecule has 2 atom stereocenters. The van der Waals surface area contributed by atoms with Gasteiger partial charge in [0.15, 0.2) is 0 Å². The van der Waals surface area contributed by atoms with Gasteiger partial charge in [0.25, 0.3) is 0 Å². The molecule has 0 bridgehead atoms. The molecule has 0 radical (unpaired) electrons. The minimum atomic E-state index is -0.500. The Morgan fingerprint density at radius 1 is 1.55 bits per heavy atom. The first-order chi connectivity index (χ1) is 9.52. The summed E-state index contributed by atoms with van der Waals surface area (Å²) in [5.41, 5.74) is 2.41. The number of hydrogen-bond acceptors (Lipinski definition) is 8. The van der Waals surface area contributed by atoms with E-state index in [9.17, 15) is 10.1 Å². The molecule has 2 unspecified atom stereocenters. The molecule has 9 heteroatoms. The lowest BCUT2D eigenvalue weighted by atomic mass is 10.1. The van der Waals surface area contributed by atoms with Gasteiger partial charge in [-0.15, -0.1) is 0 Å². The number of nitrogens with one attached hydrogen (secondary N) is 2. The lowest BCUT2D eigenvalue weighted by molar-refractivity contribution is -0.385. The Bertz CT molecular complexity index is 503. The molecule has 2 rings (SSSR count). The van der Waals surface area contributed by atoms with Crippen LogP contribution in [0.5, 0.6) is 0 Å². The average molecular weight is 282 g/mol. The molecule has 0 saturated carbocycles. The van der Waals surface area contributed by atoms with Gasteiger partial charge in [-0.05, 0) is 26.7 Å². The van der Waals surface area contributed by atoms with Crippen LogP contribution in [0.3, 0.4) is 0 Å². The number of anilines is 2. The number of hydrogen-bond donors (Lipinski definition) is 3. The van der Waals surface area contributed by atoms with Crippen molar-refractivity contribution in [2.24, 2.45) is 5.84 Å². The van der Waals surface area contributed by atoms with Gasteiger partial charge < -0.3 is 10.1 Å². The van der Waals surface area contributed by atoms with Gasteiger partial charge in [0.05, 0.1) is 17.1 Å². The number of nitrogens with zero attached hydrogens (tertiary/aromatic N) is 3. The minimum Gasteiger partial charge on any atom is -0.376 e. The number of nitro groups is 1. The first kappa shape index (κ1) is 14.4. The second-order valence-electron chi connectivity index (χ2n) is 4.72. The summed E-state index contributed by atoms with van der Waals surface area (Å²) in [6.07, 6.45) is 1.95. The first-order valence-corrected chi connectivity index (χ1v) is 6.40. The maximum Gasteiger partial charge on any atom is 0.332 e. The maximum atomic E-state index is 11.1. The van der Waals surface area contributed by atoms with Crippen molar-refractivity contribution in [3.8, 4) is 0 Å². The monoisotopic (exact) mass is 282 g/mol. The van der Waals surface area contributed by atoms with Crippen molar-refractivity contribution in [2.45, 2.75) is 38.8 Å². The predicted molar refractivity (Wildman–Crippen MR) is 73.3 cm³/mol. The average Bonchev–Trinajstić information content (AvgIpc) is 2.91. The lowest BCUT2D eigenvalue weighted by Crippen LogP contribution is -2.31. The van der Waals surface area contributed by atoms with Crippen molar-refractivity contribution in [3.05, 3.63) is 15.8 Å². The number of nitrogen functional groups attached to an aromatic ring is 1. The first-order valence-electron chi connectivity index (χ1n) is 6.40. The van der Waals surface area contributed by atoms with Gasteiger partial charge in [-0.2, -0.15) is 4.98 Å². The van der Waals surface area contributed by atoms with Crippen LogP contribution in [0.15, 0.2) is 0 Å². The summed E-state index contributed by atoms with van der Waals surface area (Å²) in [5.74, 6) is 5.56. The second-order valence-corrected chi connectivity index (χ2v) is 4.72. The second kappa shape index (κ2) is 5.97. The van der Waals surface area contributed by atoms with Crippen molar-refractivity contribution in [3.63, 3.8) is 0 Å². The van der Waals surface area contributed by atoms with Crippen LogP contribution in [-0.2, 0) is 4.74 Å². The van der Waals surface area contributed by atoms with E-state index in [0.29, 0.717) is 0 Å². The summed E-state index contributed by atoms with van der Waals surface area (Å²) >= 11 is 0. The zero-order valence-corrected chi connectivity index (χ0v) is 11.4. The molecule has 110 valence electrons. The number of aryl methyl sites for hydroxylation is 1. The van der Waals surface area contributed by atoms with E-state index >= 15 is 0 Å². The number of ether oxygens (including phenoxy) is 1. The Labute approximate surface area is 116 Å². The van der Waals surface area contributed by atoms with Crippen molar-refractivity contribution in [2.75, 3.05) is 17.3 Å². The van der Waals surface area contributed by atoms with E-state index in [-0.39, 0.29) is 35.3 Å². The molecule has 0 aliphatic carbocycles. The molecule has 0 aromatic carbocycles. The highest BCUT2D eigenvalue weighted by atomic mass is 16.6. The van der Waals surface area contributed by atoms with Gasteiger partial charge in [0.2, 0.25) is 11.8 Å². The summed E-state index contributed by atoms with van der Waals surface area (Å²) in [5, 5.41) is 14.2. The fraction of sp³-hybridized carbons (Fsp3) is 0.636. The van der Waals surface area contributed by atoms with Crippen LogP contribution in [0, 0.1) is 17.0 Å². The molecule has 1 saturated heterocycles. The summed E-state index contributed by atoms with van der Waals surface area (Å²) in [6.45, 7) is 4.17. The molecule has 1 aliphatic heterocycles. The highest BCUT2D eigenvalue weighted by Crippen LogP contribution is 2.28. The van der Waals surface area contributed by atoms with Crippen molar-refractivity contribution < 1.29 is 9.66 Å². The predicted octanol–water partition coefficient (Wildman–Crippen LogP) is 0.958. The Morgan fingerprint density at radius 3 is 2.85 bits per heavy atom. The largest absolute Gasteiger partial charge is 0.376 e. The van der Waals surface area contributed by atoms with Gasteiger partial charge in [-0.3, -0.25) is 15.5 Å². The highest BCUT2D eigenvalue weighted by molar-refractivity contribution is 5.61. The number of rotatable bonds is 5. The quantitative estimate of drug-likeness (QED) is 0.414. The van der Waals surface area contributed by atoms with Crippen LogP contribution in [0.25, 0.3) is 0 Å². The standard InChI is InChI=1S/C11H18N6O3/c1-6(8-4-3-5-20-8)13-10-9(17(18)19)7(2)14-11(15-10)16-12/h6,8H,3-5,12H2,1-2H3,(H2,13,14,15,16). The third kappa shape index (κ3) is 2.94. The summed E-state index contributed by atoms with van der Waals surface area (Å²) < 4.78 is 5.56. The zero-order valence-electron chi connectivity index (χ0n) is 11.4. The molecule has 2 heterocycles. The van der Waals surface area contributed by atoms with Gasteiger partial charge in [0, 0.05) is 6.61 Å². The molecule has 1 aliphatic rings. The van der Waals surface area contributed by atoms with Crippen molar-refractivity contribution in [1.82, 2.24) is 9.97 Å². The molecule has 0 amide bonds. The normalized spacial score (nSPS) is 19.6. The fourth-order valence-electron chi connectivity index (χ4n) is 2.26. The molecular weight excluding hydrogens is 264 g/mol. The van der Waals surface area contributed by atoms with Gasteiger partial charge in [-0.25, -0.2) is 10.8 Å². The topological polar surface area (TPSA) is 128 Å². The van der Waals surface area contributed by atoms with E-state index in [1.165, 1.54) is 0 Å². The molecule has 1 fully saturated rings. The fourth-order valence-corrected chi connectivity index (χ4v) is 2.26. The third-order valence-corrected chi connectivity index (χ3v) is 3.26. The van der Waals surface area contributed by atoms with E-state index in [2.05, 4.69) is 20.7 Å². The number of aromatic nitrogens is 2. The highest BCUT2D eigenvalue weighted by Gasteiger charge is 2.27. The summed E-state index contributed by atoms with van der Waals surface area (Å²) in [4.78, 5) is 18.6. The van der Waals surface area contributed by atoms with Crippen molar-refractivity contribution >= 4 is 17.5 Å².